The number of phenolic OH excluding ortho intramolecular Hbond substituents is 1. The Kier molecular flexibility index (Phi) is 9.03. The summed E-state index contributed by atoms with van der Waals surface area (Å²) in [5, 5.41) is 31.0. The molecule has 5 nitrogen and oxygen atoms in total. The number of phenols is 1. The van der Waals surface area contributed by atoms with Crippen LogP contribution in [0.2, 0.25) is 0 Å². The molecule has 0 spiro atoms. The Morgan fingerprint density at radius 1 is 1.13 bits per heavy atom. The van der Waals surface area contributed by atoms with Crippen molar-refractivity contribution >= 4 is 17.6 Å². The van der Waals surface area contributed by atoms with Crippen molar-refractivity contribution in [2.24, 2.45) is 5.92 Å². The number of allylic oxidation sites excluding steroid dienone is 1. The van der Waals surface area contributed by atoms with Gasteiger partial charge in [-0.05, 0) is 73.6 Å². The minimum Gasteiger partial charge on any atom is -0.507 e. The summed E-state index contributed by atoms with van der Waals surface area (Å²) < 4.78 is 4.86. The van der Waals surface area contributed by atoms with Gasteiger partial charge in [0.05, 0.1) is 12.7 Å². The van der Waals surface area contributed by atoms with Crippen molar-refractivity contribution in [1.29, 1.82) is 0 Å². The first-order valence-electron chi connectivity index (χ1n) is 10.5. The second kappa shape index (κ2) is 11.5. The average Bonchev–Trinajstić information content (AvgIpc) is 2.76. The molecule has 166 valence electrons. The third kappa shape index (κ3) is 6.54. The van der Waals surface area contributed by atoms with Crippen LogP contribution >= 0.6 is 0 Å². The Labute approximate surface area is 184 Å². The fourth-order valence-corrected chi connectivity index (χ4v) is 3.60. The van der Waals surface area contributed by atoms with E-state index in [2.05, 4.69) is 6.58 Å². The van der Waals surface area contributed by atoms with Crippen LogP contribution in [0.1, 0.15) is 42.0 Å². The maximum absolute atomic E-state index is 11.9. The Morgan fingerprint density at radius 3 is 2.29 bits per heavy atom. The molecule has 0 unspecified atom stereocenters. The van der Waals surface area contributed by atoms with Crippen molar-refractivity contribution in [3.8, 4) is 5.75 Å². The highest BCUT2D eigenvalue weighted by Crippen LogP contribution is 2.29. The lowest BCUT2D eigenvalue weighted by Crippen LogP contribution is -2.37. The first-order valence-corrected chi connectivity index (χ1v) is 10.5. The number of aromatic hydroxyl groups is 1. The van der Waals surface area contributed by atoms with E-state index in [-0.39, 0.29) is 12.4 Å². The molecular formula is C26H32O5. The maximum atomic E-state index is 11.9. The SMILES string of the molecule is C=C[C@H]([C@H](O)CC/C(=C/c1cc(C)c(O)c(C)c1)c1ccccc1)[C@H](O)C(=O)OCC. The summed E-state index contributed by atoms with van der Waals surface area (Å²) in [6, 6.07) is 13.7. The molecule has 3 N–H and O–H groups in total. The predicted octanol–water partition coefficient (Wildman–Crippen LogP) is 4.42. The zero-order valence-corrected chi connectivity index (χ0v) is 18.4. The summed E-state index contributed by atoms with van der Waals surface area (Å²) in [5.41, 5.74) is 4.55. The van der Waals surface area contributed by atoms with E-state index in [4.69, 9.17) is 4.74 Å². The van der Waals surface area contributed by atoms with Crippen molar-refractivity contribution in [3.63, 3.8) is 0 Å². The number of rotatable bonds is 10. The summed E-state index contributed by atoms with van der Waals surface area (Å²) in [5.74, 6) is -1.30. The van der Waals surface area contributed by atoms with E-state index < -0.39 is 24.1 Å². The van der Waals surface area contributed by atoms with Gasteiger partial charge in [0.15, 0.2) is 6.10 Å². The summed E-state index contributed by atoms with van der Waals surface area (Å²) in [7, 11) is 0. The van der Waals surface area contributed by atoms with Crippen LogP contribution < -0.4 is 0 Å². The number of hydrogen-bond acceptors (Lipinski definition) is 5. The lowest BCUT2D eigenvalue weighted by atomic mass is 9.89. The van der Waals surface area contributed by atoms with Gasteiger partial charge in [0.2, 0.25) is 0 Å². The minimum absolute atomic E-state index is 0.155. The van der Waals surface area contributed by atoms with Gasteiger partial charge in [-0.3, -0.25) is 0 Å². The van der Waals surface area contributed by atoms with Crippen molar-refractivity contribution < 1.29 is 24.9 Å². The summed E-state index contributed by atoms with van der Waals surface area (Å²) in [6.07, 6.45) is 1.84. The zero-order valence-electron chi connectivity index (χ0n) is 18.4. The maximum Gasteiger partial charge on any atom is 0.335 e. The van der Waals surface area contributed by atoms with Crippen molar-refractivity contribution in [1.82, 2.24) is 0 Å². The van der Waals surface area contributed by atoms with Crippen LogP contribution in [0, 0.1) is 19.8 Å². The number of carbonyl (C=O) groups excluding carboxylic acids is 1. The number of aliphatic hydroxyl groups excluding tert-OH is 2. The molecule has 0 fully saturated rings. The molecule has 3 atom stereocenters. The minimum atomic E-state index is -1.46. The second-order valence-corrected chi connectivity index (χ2v) is 7.65. The highest BCUT2D eigenvalue weighted by Gasteiger charge is 2.30. The van der Waals surface area contributed by atoms with Gasteiger partial charge >= 0.3 is 5.97 Å². The fraction of sp³-hybridized carbons (Fsp3) is 0.346. The highest BCUT2D eigenvalue weighted by molar-refractivity contribution is 5.82. The van der Waals surface area contributed by atoms with E-state index in [1.807, 2.05) is 62.4 Å². The van der Waals surface area contributed by atoms with Crippen LogP contribution in [-0.2, 0) is 9.53 Å². The first-order chi connectivity index (χ1) is 14.8. The smallest absolute Gasteiger partial charge is 0.335 e. The van der Waals surface area contributed by atoms with Crippen molar-refractivity contribution in [2.75, 3.05) is 6.61 Å². The highest BCUT2D eigenvalue weighted by atomic mass is 16.5. The molecule has 0 aromatic heterocycles. The van der Waals surface area contributed by atoms with E-state index >= 15 is 0 Å². The Hall–Kier alpha value is -2.89. The topological polar surface area (TPSA) is 87.0 Å². The van der Waals surface area contributed by atoms with Gasteiger partial charge < -0.3 is 20.1 Å². The molecule has 0 aliphatic carbocycles. The van der Waals surface area contributed by atoms with Gasteiger partial charge in [0.25, 0.3) is 0 Å². The zero-order chi connectivity index (χ0) is 23.0. The number of hydrogen-bond donors (Lipinski definition) is 3. The number of esters is 1. The quantitative estimate of drug-likeness (QED) is 0.299. The fourth-order valence-electron chi connectivity index (χ4n) is 3.60. The normalized spacial score (nSPS) is 14.5. The molecule has 0 amide bonds. The van der Waals surface area contributed by atoms with Crippen LogP contribution in [0.25, 0.3) is 11.6 Å². The van der Waals surface area contributed by atoms with Gasteiger partial charge in [0, 0.05) is 5.92 Å². The van der Waals surface area contributed by atoms with Gasteiger partial charge in [-0.15, -0.1) is 6.58 Å². The Balaban J connectivity index is 2.27. The van der Waals surface area contributed by atoms with Crippen molar-refractivity contribution in [3.05, 3.63) is 77.4 Å². The van der Waals surface area contributed by atoms with E-state index in [1.165, 1.54) is 6.08 Å². The van der Waals surface area contributed by atoms with Crippen LogP contribution in [-0.4, -0.2) is 40.1 Å². The van der Waals surface area contributed by atoms with Gasteiger partial charge in [-0.25, -0.2) is 4.79 Å². The molecule has 0 radical (unpaired) electrons. The predicted molar refractivity (Wildman–Crippen MR) is 123 cm³/mol. The molecule has 2 aromatic carbocycles. The number of carbonyl (C=O) groups is 1. The van der Waals surface area contributed by atoms with Gasteiger partial charge in [-0.1, -0.05) is 42.5 Å². The lowest BCUT2D eigenvalue weighted by Gasteiger charge is -2.24. The van der Waals surface area contributed by atoms with E-state index in [9.17, 15) is 20.1 Å². The van der Waals surface area contributed by atoms with E-state index in [1.54, 1.807) is 6.92 Å². The van der Waals surface area contributed by atoms with Crippen LogP contribution in [0.3, 0.4) is 0 Å². The van der Waals surface area contributed by atoms with Gasteiger partial charge in [0.1, 0.15) is 5.75 Å². The monoisotopic (exact) mass is 424 g/mol. The molecule has 2 rings (SSSR count). The average molecular weight is 425 g/mol. The summed E-state index contributed by atoms with van der Waals surface area (Å²) in [4.78, 5) is 11.9. The Morgan fingerprint density at radius 2 is 1.74 bits per heavy atom. The van der Waals surface area contributed by atoms with Gasteiger partial charge in [-0.2, -0.15) is 0 Å². The van der Waals surface area contributed by atoms with E-state index in [0.717, 1.165) is 27.8 Å². The van der Waals surface area contributed by atoms with Crippen LogP contribution in [0.5, 0.6) is 5.75 Å². The molecule has 0 aliphatic rings. The summed E-state index contributed by atoms with van der Waals surface area (Å²) >= 11 is 0. The second-order valence-electron chi connectivity index (χ2n) is 7.65. The number of aryl methyl sites for hydroxylation is 2. The molecule has 31 heavy (non-hydrogen) atoms. The lowest BCUT2D eigenvalue weighted by molar-refractivity contribution is -0.157. The largest absolute Gasteiger partial charge is 0.507 e. The van der Waals surface area contributed by atoms with Crippen LogP contribution in [0.15, 0.2) is 55.1 Å². The molecular weight excluding hydrogens is 392 g/mol. The molecule has 0 saturated heterocycles. The molecule has 0 saturated carbocycles. The number of ether oxygens (including phenoxy) is 1. The number of aliphatic hydroxyl groups is 2. The molecule has 0 aliphatic heterocycles. The molecule has 0 bridgehead atoms. The third-order valence-electron chi connectivity index (χ3n) is 5.32. The molecule has 5 heteroatoms. The van der Waals surface area contributed by atoms with E-state index in [0.29, 0.717) is 12.8 Å². The summed E-state index contributed by atoms with van der Waals surface area (Å²) in [6.45, 7) is 9.19. The third-order valence-corrected chi connectivity index (χ3v) is 5.32. The van der Waals surface area contributed by atoms with Crippen molar-refractivity contribution in [2.45, 2.75) is 45.8 Å². The Bertz CT molecular complexity index is 894. The number of benzene rings is 2. The standard InChI is InChI=1S/C26H32O5/c1-5-22(25(29)26(30)31-6-2)23(27)13-12-21(20-10-8-7-9-11-20)16-19-14-17(3)24(28)18(4)15-19/h5,7-11,14-16,22-23,25,27-29H,1,6,12-13H2,2-4H3/b21-16-/t22-,23-,25+/m1/s1. The molecule has 0 heterocycles. The molecule has 2 aromatic rings. The van der Waals surface area contributed by atoms with Crippen LogP contribution in [0.4, 0.5) is 0 Å². The first kappa shape index (κ1) is 24.4.